The molecule has 1 nitrogen and oxygen atoms in total. The van der Waals surface area contributed by atoms with Crippen LogP contribution in [-0.4, -0.2) is 5.75 Å². The Labute approximate surface area is 123 Å². The van der Waals surface area contributed by atoms with Crippen LogP contribution in [0.1, 0.15) is 34.2 Å². The highest BCUT2D eigenvalue weighted by molar-refractivity contribution is 7.99. The highest BCUT2D eigenvalue weighted by Gasteiger charge is 2.31. The zero-order chi connectivity index (χ0) is 14.3. The van der Waals surface area contributed by atoms with Gasteiger partial charge >= 0.3 is 0 Å². The molecule has 2 N–H and O–H groups in total. The normalized spacial score (nSPS) is 18.9. The topological polar surface area (TPSA) is 26.0 Å². The van der Waals surface area contributed by atoms with Crippen molar-refractivity contribution in [2.45, 2.75) is 30.7 Å². The van der Waals surface area contributed by atoms with Gasteiger partial charge in [-0.2, -0.15) is 0 Å². The molecule has 3 rings (SSSR count). The molecular weight excluding hydrogens is 269 g/mol. The van der Waals surface area contributed by atoms with Gasteiger partial charge in [-0.3, -0.25) is 0 Å². The van der Waals surface area contributed by atoms with Gasteiger partial charge in [0.25, 0.3) is 0 Å². The molecule has 0 saturated heterocycles. The lowest BCUT2D eigenvalue weighted by Crippen LogP contribution is -2.22. The van der Waals surface area contributed by atoms with Crippen molar-refractivity contribution in [2.75, 3.05) is 5.75 Å². The molecule has 0 amide bonds. The van der Waals surface area contributed by atoms with Crippen molar-refractivity contribution in [3.05, 3.63) is 64.5 Å². The predicted octanol–water partition coefficient (Wildman–Crippen LogP) is 4.33. The lowest BCUT2D eigenvalue weighted by molar-refractivity contribution is 0.540. The van der Waals surface area contributed by atoms with Crippen LogP contribution < -0.4 is 5.73 Å². The number of hydrogen-bond donors (Lipinski definition) is 1. The van der Waals surface area contributed by atoms with Crippen LogP contribution in [0.15, 0.2) is 41.3 Å². The van der Waals surface area contributed by atoms with Crippen LogP contribution in [0.5, 0.6) is 0 Å². The first-order chi connectivity index (χ1) is 9.58. The highest BCUT2D eigenvalue weighted by atomic mass is 32.2. The van der Waals surface area contributed by atoms with Crippen molar-refractivity contribution < 1.29 is 4.39 Å². The zero-order valence-electron chi connectivity index (χ0n) is 11.7. The van der Waals surface area contributed by atoms with Crippen molar-refractivity contribution in [2.24, 2.45) is 5.73 Å². The Morgan fingerprint density at radius 1 is 1.25 bits per heavy atom. The number of aryl methyl sites for hydroxylation is 2. The van der Waals surface area contributed by atoms with Gasteiger partial charge in [-0.25, -0.2) is 4.39 Å². The Morgan fingerprint density at radius 2 is 2.00 bits per heavy atom. The summed E-state index contributed by atoms with van der Waals surface area (Å²) in [7, 11) is 0. The lowest BCUT2D eigenvalue weighted by Gasteiger charge is -2.23. The minimum Gasteiger partial charge on any atom is -0.323 e. The molecule has 0 fully saturated rings. The molecule has 0 aromatic heterocycles. The second kappa shape index (κ2) is 5.23. The Balaban J connectivity index is 2.01. The molecule has 104 valence electrons. The summed E-state index contributed by atoms with van der Waals surface area (Å²) in [4.78, 5) is 1.28. The van der Waals surface area contributed by atoms with Crippen molar-refractivity contribution in [3.8, 4) is 0 Å². The second-order valence-corrected chi connectivity index (χ2v) is 6.52. The average molecular weight is 287 g/mol. The summed E-state index contributed by atoms with van der Waals surface area (Å²) in [5.41, 5.74) is 10.2. The van der Waals surface area contributed by atoms with Crippen LogP contribution in [0, 0.1) is 19.7 Å². The van der Waals surface area contributed by atoms with E-state index in [0.29, 0.717) is 5.56 Å². The fourth-order valence-electron chi connectivity index (χ4n) is 3.03. The first kappa shape index (κ1) is 13.7. The maximum absolute atomic E-state index is 14.3. The smallest absolute Gasteiger partial charge is 0.128 e. The van der Waals surface area contributed by atoms with Gasteiger partial charge in [0.05, 0.1) is 0 Å². The number of thioether (sulfide) groups is 1. The maximum Gasteiger partial charge on any atom is 0.128 e. The number of hydrogen-bond acceptors (Lipinski definition) is 2. The third-order valence-corrected chi connectivity index (χ3v) is 5.19. The van der Waals surface area contributed by atoms with E-state index in [-0.39, 0.29) is 17.8 Å². The third kappa shape index (κ3) is 2.25. The van der Waals surface area contributed by atoms with Crippen LogP contribution in [0.4, 0.5) is 4.39 Å². The van der Waals surface area contributed by atoms with E-state index < -0.39 is 0 Å². The summed E-state index contributed by atoms with van der Waals surface area (Å²) < 4.78 is 14.3. The number of benzene rings is 2. The standard InChI is InChI=1S/C17H18FNS/c1-10-7-11(2)16(14(18)8-10)17(19)13-9-20-15-6-4-3-5-12(13)15/h3-8,13,17H,9,19H2,1-2H3. The predicted molar refractivity (Wildman–Crippen MR) is 82.7 cm³/mol. The summed E-state index contributed by atoms with van der Waals surface area (Å²) in [5, 5.41) is 0. The quantitative estimate of drug-likeness (QED) is 0.889. The molecule has 2 aromatic rings. The third-order valence-electron chi connectivity index (χ3n) is 3.98. The molecule has 0 spiro atoms. The van der Waals surface area contributed by atoms with Gasteiger partial charge in [0.15, 0.2) is 0 Å². The van der Waals surface area contributed by atoms with Gasteiger partial charge in [0.1, 0.15) is 5.82 Å². The van der Waals surface area contributed by atoms with E-state index in [2.05, 4.69) is 12.1 Å². The van der Waals surface area contributed by atoms with Crippen molar-refractivity contribution >= 4 is 11.8 Å². The van der Waals surface area contributed by atoms with Crippen molar-refractivity contribution in [1.29, 1.82) is 0 Å². The summed E-state index contributed by atoms with van der Waals surface area (Å²) in [6.07, 6.45) is 0. The molecule has 0 aliphatic carbocycles. The average Bonchev–Trinajstić information content (AvgIpc) is 2.81. The highest BCUT2D eigenvalue weighted by Crippen LogP contribution is 2.45. The molecule has 2 atom stereocenters. The van der Waals surface area contributed by atoms with E-state index in [4.69, 9.17) is 5.73 Å². The Kier molecular flexibility index (Phi) is 3.57. The van der Waals surface area contributed by atoms with Crippen molar-refractivity contribution in [1.82, 2.24) is 0 Å². The van der Waals surface area contributed by atoms with Crippen LogP contribution in [0.3, 0.4) is 0 Å². The molecule has 1 aliphatic heterocycles. The second-order valence-electron chi connectivity index (χ2n) is 5.46. The van der Waals surface area contributed by atoms with E-state index in [9.17, 15) is 4.39 Å². The molecule has 0 radical (unpaired) electrons. The summed E-state index contributed by atoms with van der Waals surface area (Å²) >= 11 is 1.81. The zero-order valence-corrected chi connectivity index (χ0v) is 12.5. The van der Waals surface area contributed by atoms with Crippen molar-refractivity contribution in [3.63, 3.8) is 0 Å². The number of halogens is 1. The van der Waals surface area contributed by atoms with E-state index in [1.807, 2.05) is 43.8 Å². The van der Waals surface area contributed by atoms with Gasteiger partial charge in [0, 0.05) is 28.2 Å². The molecule has 0 saturated carbocycles. The van der Waals surface area contributed by atoms with Crippen LogP contribution in [0.25, 0.3) is 0 Å². The lowest BCUT2D eigenvalue weighted by atomic mass is 9.86. The van der Waals surface area contributed by atoms with Crippen LogP contribution in [0.2, 0.25) is 0 Å². The summed E-state index contributed by atoms with van der Waals surface area (Å²) in [6.45, 7) is 3.85. The van der Waals surface area contributed by atoms with Gasteiger partial charge in [-0.05, 0) is 42.7 Å². The number of fused-ring (bicyclic) bond motifs is 1. The van der Waals surface area contributed by atoms with Gasteiger partial charge in [-0.1, -0.05) is 24.3 Å². The first-order valence-electron chi connectivity index (χ1n) is 6.82. The molecule has 2 unspecified atom stereocenters. The van der Waals surface area contributed by atoms with Gasteiger partial charge in [0.2, 0.25) is 0 Å². The van der Waals surface area contributed by atoms with Gasteiger partial charge in [-0.15, -0.1) is 11.8 Å². The number of nitrogens with two attached hydrogens (primary N) is 1. The van der Waals surface area contributed by atoms with E-state index in [0.717, 1.165) is 16.9 Å². The Hall–Kier alpha value is -1.32. The Morgan fingerprint density at radius 3 is 2.75 bits per heavy atom. The molecule has 1 heterocycles. The minimum absolute atomic E-state index is 0.176. The van der Waals surface area contributed by atoms with Crippen LogP contribution in [-0.2, 0) is 0 Å². The van der Waals surface area contributed by atoms with E-state index in [1.54, 1.807) is 6.07 Å². The van der Waals surface area contributed by atoms with Crippen LogP contribution >= 0.6 is 11.8 Å². The fraction of sp³-hybridized carbons (Fsp3) is 0.294. The monoisotopic (exact) mass is 287 g/mol. The summed E-state index contributed by atoms with van der Waals surface area (Å²) in [6, 6.07) is 11.6. The molecule has 2 aromatic carbocycles. The fourth-order valence-corrected chi connectivity index (χ4v) is 4.34. The largest absolute Gasteiger partial charge is 0.323 e. The minimum atomic E-state index is -0.285. The molecule has 20 heavy (non-hydrogen) atoms. The number of rotatable bonds is 2. The molecule has 3 heteroatoms. The SMILES string of the molecule is Cc1cc(C)c(C(N)C2CSc3ccccc32)c(F)c1. The Bertz CT molecular complexity index is 630. The molecule has 1 aliphatic rings. The summed E-state index contributed by atoms with van der Waals surface area (Å²) in [5.74, 6) is 0.935. The maximum atomic E-state index is 14.3. The first-order valence-corrected chi connectivity index (χ1v) is 7.80. The van der Waals surface area contributed by atoms with Gasteiger partial charge < -0.3 is 5.73 Å². The van der Waals surface area contributed by atoms with E-state index >= 15 is 0 Å². The molecule has 0 bridgehead atoms. The van der Waals surface area contributed by atoms with E-state index in [1.165, 1.54) is 10.5 Å². The molecular formula is C17H18FNS.